The Balaban J connectivity index is 1.33. The molecule has 4 N–H and O–H groups in total. The summed E-state index contributed by atoms with van der Waals surface area (Å²) in [7, 11) is 0. The van der Waals surface area contributed by atoms with Gasteiger partial charge in [-0.2, -0.15) is 9.67 Å². The van der Waals surface area contributed by atoms with Crippen molar-refractivity contribution in [3.05, 3.63) is 29.8 Å². The quantitative estimate of drug-likeness (QED) is 0.876. The summed E-state index contributed by atoms with van der Waals surface area (Å²) >= 11 is 0. The maximum Gasteiger partial charge on any atom is 0.241 e. The van der Waals surface area contributed by atoms with Crippen molar-refractivity contribution in [2.75, 3.05) is 37.6 Å². The minimum Gasteiger partial charge on any atom is -0.368 e. The van der Waals surface area contributed by atoms with Crippen LogP contribution in [-0.4, -0.2) is 56.8 Å². The van der Waals surface area contributed by atoms with Crippen molar-refractivity contribution in [3.63, 3.8) is 0 Å². The molecule has 134 valence electrons. The van der Waals surface area contributed by atoms with Gasteiger partial charge in [-0.25, -0.2) is 0 Å². The normalized spacial score (nSPS) is 20.3. The van der Waals surface area contributed by atoms with E-state index in [0.29, 0.717) is 5.95 Å². The first-order valence-corrected chi connectivity index (χ1v) is 9.23. The molecule has 1 saturated carbocycles. The first-order valence-electron chi connectivity index (χ1n) is 9.23. The molecule has 2 heterocycles. The summed E-state index contributed by atoms with van der Waals surface area (Å²) in [4.78, 5) is 9.18. The SMILES string of the molecule is Nc1nc(N)n(-c2ccc(CN3CCN(C4CCCC4)CC3)cc2)n1. The van der Waals surface area contributed by atoms with Gasteiger partial charge in [-0.1, -0.05) is 25.0 Å². The number of nitrogens with zero attached hydrogens (tertiary/aromatic N) is 5. The molecule has 1 aliphatic heterocycles. The van der Waals surface area contributed by atoms with Crippen LogP contribution in [0.15, 0.2) is 24.3 Å². The number of aromatic nitrogens is 3. The zero-order chi connectivity index (χ0) is 17.2. The van der Waals surface area contributed by atoms with Crippen LogP contribution >= 0.6 is 0 Å². The molecule has 1 aliphatic carbocycles. The predicted octanol–water partition coefficient (Wildman–Crippen LogP) is 1.49. The van der Waals surface area contributed by atoms with E-state index in [9.17, 15) is 0 Å². The van der Waals surface area contributed by atoms with Crippen molar-refractivity contribution in [1.82, 2.24) is 24.6 Å². The highest BCUT2D eigenvalue weighted by Gasteiger charge is 2.25. The second kappa shape index (κ2) is 7.01. The lowest BCUT2D eigenvalue weighted by Gasteiger charge is -2.38. The molecule has 1 saturated heterocycles. The summed E-state index contributed by atoms with van der Waals surface area (Å²) in [5, 5.41) is 4.11. The standard InChI is InChI=1S/C18H27N7/c19-17-21-18(20)25(22-17)16-7-5-14(6-8-16)13-23-9-11-24(12-10-23)15-3-1-2-4-15/h5-8,15H,1-4,9-13H2,(H4,19,20,21,22). The molecule has 2 aromatic rings. The number of anilines is 2. The minimum absolute atomic E-state index is 0.196. The summed E-state index contributed by atoms with van der Waals surface area (Å²) in [6, 6.07) is 9.16. The molecule has 7 heteroatoms. The molecule has 0 spiro atoms. The van der Waals surface area contributed by atoms with Gasteiger partial charge in [-0.15, -0.1) is 5.10 Å². The zero-order valence-corrected chi connectivity index (χ0v) is 14.6. The van der Waals surface area contributed by atoms with E-state index in [0.717, 1.165) is 31.4 Å². The second-order valence-corrected chi connectivity index (χ2v) is 7.16. The average molecular weight is 341 g/mol. The van der Waals surface area contributed by atoms with Crippen molar-refractivity contribution < 1.29 is 0 Å². The number of benzene rings is 1. The number of rotatable bonds is 4. The van der Waals surface area contributed by atoms with Gasteiger partial charge in [-0.3, -0.25) is 9.80 Å². The van der Waals surface area contributed by atoms with Gasteiger partial charge in [0, 0.05) is 38.8 Å². The third-order valence-electron chi connectivity index (χ3n) is 5.48. The van der Waals surface area contributed by atoms with Gasteiger partial charge in [-0.05, 0) is 30.5 Å². The van der Waals surface area contributed by atoms with E-state index in [1.807, 2.05) is 12.1 Å². The van der Waals surface area contributed by atoms with Crippen LogP contribution in [0.25, 0.3) is 5.69 Å². The number of hydrogen-bond acceptors (Lipinski definition) is 6. The lowest BCUT2D eigenvalue weighted by molar-refractivity contribution is 0.0937. The van der Waals surface area contributed by atoms with E-state index in [1.54, 1.807) is 4.68 Å². The van der Waals surface area contributed by atoms with Crippen LogP contribution < -0.4 is 11.5 Å². The zero-order valence-electron chi connectivity index (χ0n) is 14.6. The van der Waals surface area contributed by atoms with Crippen LogP contribution in [0.1, 0.15) is 31.2 Å². The smallest absolute Gasteiger partial charge is 0.241 e. The van der Waals surface area contributed by atoms with E-state index < -0.39 is 0 Å². The topological polar surface area (TPSA) is 89.2 Å². The van der Waals surface area contributed by atoms with Crippen LogP contribution in [0.2, 0.25) is 0 Å². The maximum atomic E-state index is 5.82. The van der Waals surface area contributed by atoms with E-state index in [-0.39, 0.29) is 5.95 Å². The Bertz CT molecular complexity index is 695. The number of piperazine rings is 1. The Hall–Kier alpha value is -2.12. The molecular weight excluding hydrogens is 314 g/mol. The average Bonchev–Trinajstić information content (AvgIpc) is 3.26. The summed E-state index contributed by atoms with van der Waals surface area (Å²) in [6.45, 7) is 5.72. The molecule has 4 rings (SSSR count). The van der Waals surface area contributed by atoms with Crippen LogP contribution in [-0.2, 0) is 6.54 Å². The monoisotopic (exact) mass is 341 g/mol. The van der Waals surface area contributed by atoms with Gasteiger partial charge in [0.05, 0.1) is 5.69 Å². The molecule has 0 amide bonds. The van der Waals surface area contributed by atoms with Gasteiger partial charge in [0.25, 0.3) is 0 Å². The van der Waals surface area contributed by atoms with Gasteiger partial charge in [0.1, 0.15) is 0 Å². The lowest BCUT2D eigenvalue weighted by atomic mass is 10.1. The summed E-state index contributed by atoms with van der Waals surface area (Å²) in [5.74, 6) is 0.509. The molecule has 7 nitrogen and oxygen atoms in total. The summed E-state index contributed by atoms with van der Waals surface area (Å²) in [6.07, 6.45) is 5.63. The molecule has 25 heavy (non-hydrogen) atoms. The molecule has 0 atom stereocenters. The number of nitrogen functional groups attached to an aromatic ring is 2. The number of hydrogen-bond donors (Lipinski definition) is 2. The Kier molecular flexibility index (Phi) is 4.59. The first-order chi connectivity index (χ1) is 12.2. The van der Waals surface area contributed by atoms with Crippen molar-refractivity contribution in [2.24, 2.45) is 0 Å². The largest absolute Gasteiger partial charge is 0.368 e. The Morgan fingerprint density at radius 3 is 2.24 bits per heavy atom. The third kappa shape index (κ3) is 3.62. The van der Waals surface area contributed by atoms with Crippen LogP contribution in [0, 0.1) is 0 Å². The van der Waals surface area contributed by atoms with Crippen LogP contribution in [0.3, 0.4) is 0 Å². The highest BCUT2D eigenvalue weighted by Crippen LogP contribution is 2.24. The van der Waals surface area contributed by atoms with Crippen molar-refractivity contribution in [3.8, 4) is 5.69 Å². The highest BCUT2D eigenvalue weighted by molar-refractivity contribution is 5.41. The number of nitrogens with two attached hydrogens (primary N) is 2. The third-order valence-corrected chi connectivity index (χ3v) is 5.48. The Labute approximate surface area is 148 Å². The molecule has 2 aliphatic rings. The minimum atomic E-state index is 0.196. The van der Waals surface area contributed by atoms with Gasteiger partial charge in [0.2, 0.25) is 11.9 Å². The molecule has 0 unspecified atom stereocenters. The van der Waals surface area contributed by atoms with Gasteiger partial charge < -0.3 is 11.5 Å². The van der Waals surface area contributed by atoms with E-state index in [4.69, 9.17) is 11.5 Å². The molecule has 0 radical (unpaired) electrons. The highest BCUT2D eigenvalue weighted by atomic mass is 15.4. The van der Waals surface area contributed by atoms with E-state index in [2.05, 4.69) is 32.0 Å². The van der Waals surface area contributed by atoms with E-state index in [1.165, 1.54) is 44.3 Å². The molecule has 1 aromatic heterocycles. The van der Waals surface area contributed by atoms with Crippen LogP contribution in [0.5, 0.6) is 0 Å². The Morgan fingerprint density at radius 1 is 0.960 bits per heavy atom. The second-order valence-electron chi connectivity index (χ2n) is 7.16. The van der Waals surface area contributed by atoms with E-state index >= 15 is 0 Å². The maximum absolute atomic E-state index is 5.82. The molecular formula is C18H27N7. The fraction of sp³-hybridized carbons (Fsp3) is 0.556. The molecule has 1 aromatic carbocycles. The fourth-order valence-electron chi connectivity index (χ4n) is 4.09. The Morgan fingerprint density at radius 2 is 1.64 bits per heavy atom. The van der Waals surface area contributed by atoms with Crippen molar-refractivity contribution >= 4 is 11.9 Å². The predicted molar refractivity (Wildman–Crippen MR) is 99.3 cm³/mol. The molecule has 0 bridgehead atoms. The van der Waals surface area contributed by atoms with Gasteiger partial charge in [0.15, 0.2) is 0 Å². The summed E-state index contributed by atoms with van der Waals surface area (Å²) in [5.41, 5.74) is 13.6. The van der Waals surface area contributed by atoms with Gasteiger partial charge >= 0.3 is 0 Å². The summed E-state index contributed by atoms with van der Waals surface area (Å²) < 4.78 is 1.57. The lowest BCUT2D eigenvalue weighted by Crippen LogP contribution is -2.49. The first kappa shape index (κ1) is 16.4. The van der Waals surface area contributed by atoms with Crippen molar-refractivity contribution in [2.45, 2.75) is 38.3 Å². The van der Waals surface area contributed by atoms with Crippen LogP contribution in [0.4, 0.5) is 11.9 Å². The molecule has 2 fully saturated rings. The van der Waals surface area contributed by atoms with Crippen molar-refractivity contribution in [1.29, 1.82) is 0 Å². The fourth-order valence-corrected chi connectivity index (χ4v) is 4.09.